The first-order valence-electron chi connectivity index (χ1n) is 7.20. The van der Waals surface area contributed by atoms with Crippen molar-refractivity contribution in [3.63, 3.8) is 0 Å². The van der Waals surface area contributed by atoms with Crippen molar-refractivity contribution in [1.82, 2.24) is 15.0 Å². The molecule has 2 N–H and O–H groups in total. The lowest BCUT2D eigenvalue weighted by Crippen LogP contribution is -2.47. The van der Waals surface area contributed by atoms with Crippen LogP contribution in [-0.2, 0) is 6.54 Å². The minimum atomic E-state index is 0.536. The first kappa shape index (κ1) is 13.8. The number of pyridine rings is 1. The number of piperazine rings is 1. The standard InChI is InChI=1S/C15H20N6/c1-12-8-15(19-11-18-12)21-6-4-20(5-7-21)14-3-2-13(9-16)10-17-14/h2-3,8,10-11H,4-7,9,16H2,1H3. The lowest BCUT2D eigenvalue weighted by Gasteiger charge is -2.36. The van der Waals surface area contributed by atoms with E-state index in [1.165, 1.54) is 0 Å². The van der Waals surface area contributed by atoms with Gasteiger partial charge >= 0.3 is 0 Å². The second-order valence-electron chi connectivity index (χ2n) is 5.22. The summed E-state index contributed by atoms with van der Waals surface area (Å²) < 4.78 is 0. The average Bonchev–Trinajstić information content (AvgIpc) is 2.55. The van der Waals surface area contributed by atoms with Crippen LogP contribution in [0.1, 0.15) is 11.3 Å². The van der Waals surface area contributed by atoms with E-state index in [0.29, 0.717) is 6.54 Å². The maximum absolute atomic E-state index is 5.60. The molecule has 0 amide bonds. The first-order valence-corrected chi connectivity index (χ1v) is 7.20. The number of aromatic nitrogens is 3. The van der Waals surface area contributed by atoms with Gasteiger partial charge in [0.2, 0.25) is 0 Å². The lowest BCUT2D eigenvalue weighted by molar-refractivity contribution is 0.640. The molecular formula is C15H20N6. The Hall–Kier alpha value is -2.21. The molecule has 6 nitrogen and oxygen atoms in total. The third kappa shape index (κ3) is 3.11. The largest absolute Gasteiger partial charge is 0.353 e. The molecule has 21 heavy (non-hydrogen) atoms. The molecule has 1 saturated heterocycles. The molecular weight excluding hydrogens is 264 g/mol. The normalized spacial score (nSPS) is 15.3. The van der Waals surface area contributed by atoms with E-state index in [1.54, 1.807) is 6.33 Å². The van der Waals surface area contributed by atoms with Crippen molar-refractivity contribution >= 4 is 11.6 Å². The number of hydrogen-bond donors (Lipinski definition) is 1. The van der Waals surface area contributed by atoms with Gasteiger partial charge in [-0.3, -0.25) is 0 Å². The first-order chi connectivity index (χ1) is 10.3. The molecule has 2 aromatic rings. The summed E-state index contributed by atoms with van der Waals surface area (Å²) in [6, 6.07) is 6.12. The summed E-state index contributed by atoms with van der Waals surface area (Å²) in [4.78, 5) is 17.6. The van der Waals surface area contributed by atoms with Gasteiger partial charge in [-0.2, -0.15) is 0 Å². The minimum absolute atomic E-state index is 0.536. The maximum atomic E-state index is 5.60. The minimum Gasteiger partial charge on any atom is -0.353 e. The fourth-order valence-corrected chi connectivity index (χ4v) is 2.50. The summed E-state index contributed by atoms with van der Waals surface area (Å²) in [7, 11) is 0. The smallest absolute Gasteiger partial charge is 0.132 e. The number of rotatable bonds is 3. The number of aryl methyl sites for hydroxylation is 1. The third-order valence-electron chi connectivity index (χ3n) is 3.76. The molecule has 1 fully saturated rings. The molecule has 0 atom stereocenters. The van der Waals surface area contributed by atoms with Gasteiger partial charge in [0, 0.05) is 50.7 Å². The van der Waals surface area contributed by atoms with Crippen LogP contribution in [0.15, 0.2) is 30.7 Å². The highest BCUT2D eigenvalue weighted by molar-refractivity contribution is 5.45. The summed E-state index contributed by atoms with van der Waals surface area (Å²) in [5.74, 6) is 2.03. The molecule has 0 aliphatic carbocycles. The summed E-state index contributed by atoms with van der Waals surface area (Å²) in [5, 5.41) is 0. The van der Waals surface area contributed by atoms with Gasteiger partial charge in [-0.05, 0) is 18.6 Å². The SMILES string of the molecule is Cc1cc(N2CCN(c3ccc(CN)cn3)CC2)ncn1. The highest BCUT2D eigenvalue weighted by Gasteiger charge is 2.19. The Morgan fingerprint density at radius 2 is 1.71 bits per heavy atom. The quantitative estimate of drug-likeness (QED) is 0.905. The number of hydrogen-bond acceptors (Lipinski definition) is 6. The van der Waals surface area contributed by atoms with Crippen LogP contribution in [0.2, 0.25) is 0 Å². The topological polar surface area (TPSA) is 71.2 Å². The van der Waals surface area contributed by atoms with Crippen LogP contribution in [0, 0.1) is 6.92 Å². The molecule has 0 aromatic carbocycles. The van der Waals surface area contributed by atoms with Gasteiger partial charge in [0.25, 0.3) is 0 Å². The van der Waals surface area contributed by atoms with E-state index in [-0.39, 0.29) is 0 Å². The van der Waals surface area contributed by atoms with Crippen molar-refractivity contribution in [3.8, 4) is 0 Å². The molecule has 2 aromatic heterocycles. The molecule has 0 spiro atoms. The van der Waals surface area contributed by atoms with E-state index >= 15 is 0 Å². The van der Waals surface area contributed by atoms with Gasteiger partial charge in [-0.15, -0.1) is 0 Å². The van der Waals surface area contributed by atoms with Crippen LogP contribution in [0.25, 0.3) is 0 Å². The summed E-state index contributed by atoms with van der Waals surface area (Å²) in [6.07, 6.45) is 3.49. The van der Waals surface area contributed by atoms with Gasteiger partial charge in [-0.1, -0.05) is 6.07 Å². The molecule has 1 aliphatic heterocycles. The molecule has 0 radical (unpaired) electrons. The predicted molar refractivity (Wildman–Crippen MR) is 83.3 cm³/mol. The zero-order valence-electron chi connectivity index (χ0n) is 12.2. The molecule has 0 bridgehead atoms. The Bertz CT molecular complexity index is 589. The van der Waals surface area contributed by atoms with Crippen LogP contribution < -0.4 is 15.5 Å². The van der Waals surface area contributed by atoms with E-state index < -0.39 is 0 Å². The molecule has 0 saturated carbocycles. The van der Waals surface area contributed by atoms with Gasteiger partial charge in [0.05, 0.1) is 0 Å². The number of anilines is 2. The van der Waals surface area contributed by atoms with Gasteiger partial charge in [0.15, 0.2) is 0 Å². The fourth-order valence-electron chi connectivity index (χ4n) is 2.50. The van der Waals surface area contributed by atoms with Crippen LogP contribution >= 0.6 is 0 Å². The Balaban J connectivity index is 1.64. The van der Waals surface area contributed by atoms with Gasteiger partial charge < -0.3 is 15.5 Å². The van der Waals surface area contributed by atoms with E-state index in [9.17, 15) is 0 Å². The summed E-state index contributed by atoms with van der Waals surface area (Å²) in [5.41, 5.74) is 7.67. The Labute approximate surface area is 124 Å². The molecule has 6 heteroatoms. The number of nitrogens with zero attached hydrogens (tertiary/aromatic N) is 5. The molecule has 1 aliphatic rings. The van der Waals surface area contributed by atoms with Crippen molar-refractivity contribution in [2.75, 3.05) is 36.0 Å². The van der Waals surface area contributed by atoms with E-state index in [1.807, 2.05) is 31.3 Å². The lowest BCUT2D eigenvalue weighted by atomic mass is 10.2. The summed E-state index contributed by atoms with van der Waals surface area (Å²) in [6.45, 7) is 6.29. The Morgan fingerprint density at radius 3 is 2.29 bits per heavy atom. The fraction of sp³-hybridized carbons (Fsp3) is 0.400. The molecule has 3 rings (SSSR count). The average molecular weight is 284 g/mol. The zero-order valence-corrected chi connectivity index (χ0v) is 12.2. The van der Waals surface area contributed by atoms with Crippen molar-refractivity contribution < 1.29 is 0 Å². The van der Waals surface area contributed by atoms with Gasteiger partial charge in [0.1, 0.15) is 18.0 Å². The Kier molecular flexibility index (Phi) is 3.96. The van der Waals surface area contributed by atoms with Crippen molar-refractivity contribution in [1.29, 1.82) is 0 Å². The van der Waals surface area contributed by atoms with E-state index in [0.717, 1.165) is 49.1 Å². The highest BCUT2D eigenvalue weighted by atomic mass is 15.3. The van der Waals surface area contributed by atoms with Crippen LogP contribution in [0.4, 0.5) is 11.6 Å². The van der Waals surface area contributed by atoms with E-state index in [2.05, 4.69) is 24.8 Å². The molecule has 110 valence electrons. The van der Waals surface area contributed by atoms with Crippen molar-refractivity contribution in [2.24, 2.45) is 5.73 Å². The second-order valence-corrected chi connectivity index (χ2v) is 5.22. The Morgan fingerprint density at radius 1 is 1.00 bits per heavy atom. The van der Waals surface area contributed by atoms with Crippen molar-refractivity contribution in [2.45, 2.75) is 13.5 Å². The monoisotopic (exact) mass is 284 g/mol. The molecule has 0 unspecified atom stereocenters. The van der Waals surface area contributed by atoms with Crippen LogP contribution in [-0.4, -0.2) is 41.1 Å². The van der Waals surface area contributed by atoms with E-state index in [4.69, 9.17) is 5.73 Å². The maximum Gasteiger partial charge on any atom is 0.132 e. The predicted octanol–water partition coefficient (Wildman–Crippen LogP) is 0.965. The third-order valence-corrected chi connectivity index (χ3v) is 3.76. The zero-order chi connectivity index (χ0) is 14.7. The number of nitrogens with two attached hydrogens (primary N) is 1. The second kappa shape index (κ2) is 6.05. The highest BCUT2D eigenvalue weighted by Crippen LogP contribution is 2.17. The molecule has 3 heterocycles. The summed E-state index contributed by atoms with van der Waals surface area (Å²) >= 11 is 0. The van der Waals surface area contributed by atoms with Crippen molar-refractivity contribution in [3.05, 3.63) is 42.0 Å². The van der Waals surface area contributed by atoms with Crippen LogP contribution in [0.5, 0.6) is 0 Å². The van der Waals surface area contributed by atoms with Gasteiger partial charge in [-0.25, -0.2) is 15.0 Å². The van der Waals surface area contributed by atoms with Crippen LogP contribution in [0.3, 0.4) is 0 Å².